The van der Waals surface area contributed by atoms with Gasteiger partial charge in [-0.1, -0.05) is 32.0 Å². The second-order valence-electron chi connectivity index (χ2n) is 8.77. The summed E-state index contributed by atoms with van der Waals surface area (Å²) in [6, 6.07) is 12.8. The van der Waals surface area contributed by atoms with Crippen LogP contribution in [0.15, 0.2) is 36.4 Å². The average molecular weight is 440 g/mol. The molecule has 4 rings (SSSR count). The van der Waals surface area contributed by atoms with Crippen LogP contribution in [-0.4, -0.2) is 61.4 Å². The zero-order valence-corrected chi connectivity index (χ0v) is 19.5. The predicted octanol–water partition coefficient (Wildman–Crippen LogP) is 3.20. The average Bonchev–Trinajstić information content (AvgIpc) is 2.79. The molecule has 2 aromatic rings. The summed E-state index contributed by atoms with van der Waals surface area (Å²) in [6.07, 6.45) is 1.27. The first kappa shape index (κ1) is 21.6. The van der Waals surface area contributed by atoms with Gasteiger partial charge in [0.15, 0.2) is 5.11 Å². The van der Waals surface area contributed by atoms with Gasteiger partial charge >= 0.3 is 0 Å². The van der Waals surface area contributed by atoms with Gasteiger partial charge in [-0.2, -0.15) is 9.97 Å². The molecule has 1 aromatic heterocycles. The Hall–Kier alpha value is -2.61. The van der Waals surface area contributed by atoms with Crippen molar-refractivity contribution in [1.29, 1.82) is 0 Å². The summed E-state index contributed by atoms with van der Waals surface area (Å²) in [5, 5.41) is 6.62. The molecule has 2 aliphatic rings. The zero-order chi connectivity index (χ0) is 21.8. The number of piperidine rings is 1. The number of benzene rings is 1. The molecule has 0 saturated carbocycles. The SMILES string of the molecule is CNC(=S)Nc1nc(N2CCN(c3ccccc3)CC2)cc(N2C[C@@H](C)C[C@H](C)C2)n1. The van der Waals surface area contributed by atoms with Gasteiger partial charge in [-0.15, -0.1) is 0 Å². The second kappa shape index (κ2) is 9.68. The monoisotopic (exact) mass is 439 g/mol. The van der Waals surface area contributed by atoms with Gasteiger partial charge in [-0.3, -0.25) is 0 Å². The molecule has 2 aliphatic heterocycles. The maximum absolute atomic E-state index is 5.31. The molecule has 2 fully saturated rings. The largest absolute Gasteiger partial charge is 0.368 e. The highest BCUT2D eigenvalue weighted by molar-refractivity contribution is 7.80. The van der Waals surface area contributed by atoms with Gasteiger partial charge in [-0.25, -0.2) is 0 Å². The number of anilines is 4. The lowest BCUT2D eigenvalue weighted by Crippen LogP contribution is -2.47. The number of nitrogens with one attached hydrogen (secondary N) is 2. The number of rotatable bonds is 4. The van der Waals surface area contributed by atoms with E-state index in [0.29, 0.717) is 22.9 Å². The van der Waals surface area contributed by atoms with E-state index < -0.39 is 0 Å². The van der Waals surface area contributed by atoms with Crippen LogP contribution in [0.5, 0.6) is 0 Å². The van der Waals surface area contributed by atoms with Gasteiger partial charge in [0.05, 0.1) is 0 Å². The van der Waals surface area contributed by atoms with Crippen molar-refractivity contribution in [2.75, 3.05) is 66.3 Å². The molecule has 0 spiro atoms. The Bertz CT molecular complexity index is 873. The molecule has 8 heteroatoms. The van der Waals surface area contributed by atoms with Crippen molar-refractivity contribution in [3.63, 3.8) is 0 Å². The lowest BCUT2D eigenvalue weighted by molar-refractivity contribution is 0.355. The van der Waals surface area contributed by atoms with Crippen LogP contribution in [-0.2, 0) is 0 Å². The molecule has 3 heterocycles. The Kier molecular flexibility index (Phi) is 6.75. The number of hydrogen-bond acceptors (Lipinski definition) is 6. The molecular formula is C23H33N7S. The minimum absolute atomic E-state index is 0.525. The fourth-order valence-corrected chi connectivity index (χ4v) is 4.74. The molecule has 31 heavy (non-hydrogen) atoms. The lowest BCUT2D eigenvalue weighted by Gasteiger charge is -2.38. The summed E-state index contributed by atoms with van der Waals surface area (Å²) in [6.45, 7) is 10.5. The second-order valence-corrected chi connectivity index (χ2v) is 9.18. The fourth-order valence-electron chi connectivity index (χ4n) is 4.65. The van der Waals surface area contributed by atoms with E-state index in [9.17, 15) is 0 Å². The highest BCUT2D eigenvalue weighted by Crippen LogP contribution is 2.29. The third-order valence-electron chi connectivity index (χ3n) is 6.07. The summed E-state index contributed by atoms with van der Waals surface area (Å²) in [4.78, 5) is 16.8. The van der Waals surface area contributed by atoms with Crippen LogP contribution in [0.1, 0.15) is 20.3 Å². The number of hydrogen-bond donors (Lipinski definition) is 2. The summed E-state index contributed by atoms with van der Waals surface area (Å²) < 4.78 is 0. The molecule has 7 nitrogen and oxygen atoms in total. The molecular weight excluding hydrogens is 406 g/mol. The molecule has 0 bridgehead atoms. The Balaban J connectivity index is 1.55. The van der Waals surface area contributed by atoms with Crippen LogP contribution in [0.25, 0.3) is 0 Å². The molecule has 2 N–H and O–H groups in total. The molecule has 2 saturated heterocycles. The van der Waals surface area contributed by atoms with Gasteiger partial charge in [0.25, 0.3) is 0 Å². The number of nitrogens with zero attached hydrogens (tertiary/aromatic N) is 5. The van der Waals surface area contributed by atoms with Crippen molar-refractivity contribution >= 4 is 40.6 Å². The fraction of sp³-hybridized carbons (Fsp3) is 0.522. The minimum atomic E-state index is 0.525. The van der Waals surface area contributed by atoms with Crippen molar-refractivity contribution in [2.24, 2.45) is 11.8 Å². The van der Waals surface area contributed by atoms with Crippen LogP contribution >= 0.6 is 12.2 Å². The minimum Gasteiger partial charge on any atom is -0.368 e. The molecule has 2 atom stereocenters. The van der Waals surface area contributed by atoms with Crippen molar-refractivity contribution in [3.05, 3.63) is 36.4 Å². The van der Waals surface area contributed by atoms with Gasteiger partial charge in [-0.05, 0) is 42.6 Å². The Labute approximate surface area is 190 Å². The predicted molar refractivity (Wildman–Crippen MR) is 133 cm³/mol. The van der Waals surface area contributed by atoms with E-state index in [-0.39, 0.29) is 0 Å². The molecule has 166 valence electrons. The van der Waals surface area contributed by atoms with Crippen LogP contribution in [0.3, 0.4) is 0 Å². The smallest absolute Gasteiger partial charge is 0.232 e. The van der Waals surface area contributed by atoms with Crippen LogP contribution in [0.4, 0.5) is 23.3 Å². The van der Waals surface area contributed by atoms with Crippen molar-refractivity contribution < 1.29 is 0 Å². The van der Waals surface area contributed by atoms with Gasteiger partial charge in [0, 0.05) is 58.1 Å². The normalized spacial score (nSPS) is 21.7. The quantitative estimate of drug-likeness (QED) is 0.705. The summed E-state index contributed by atoms with van der Waals surface area (Å²) in [5.41, 5.74) is 1.28. The highest BCUT2D eigenvalue weighted by atomic mass is 32.1. The van der Waals surface area contributed by atoms with Gasteiger partial charge < -0.3 is 25.3 Å². The van der Waals surface area contributed by atoms with E-state index in [1.165, 1.54) is 12.1 Å². The Morgan fingerprint density at radius 3 is 2.10 bits per heavy atom. The van der Waals surface area contributed by atoms with E-state index in [4.69, 9.17) is 22.2 Å². The Morgan fingerprint density at radius 1 is 0.903 bits per heavy atom. The first-order chi connectivity index (χ1) is 15.0. The summed E-state index contributed by atoms with van der Waals surface area (Å²) in [5.74, 6) is 3.82. The van der Waals surface area contributed by atoms with E-state index in [1.807, 2.05) is 0 Å². The van der Waals surface area contributed by atoms with Crippen molar-refractivity contribution in [1.82, 2.24) is 15.3 Å². The number of para-hydroxylation sites is 1. The van der Waals surface area contributed by atoms with E-state index in [0.717, 1.165) is 50.9 Å². The van der Waals surface area contributed by atoms with Gasteiger partial charge in [0.2, 0.25) is 5.95 Å². The zero-order valence-electron chi connectivity index (χ0n) is 18.7. The number of thiocarbonyl (C=S) groups is 1. The maximum atomic E-state index is 5.31. The molecule has 0 amide bonds. The topological polar surface area (TPSA) is 59.6 Å². The Morgan fingerprint density at radius 2 is 1.48 bits per heavy atom. The highest BCUT2D eigenvalue weighted by Gasteiger charge is 2.25. The molecule has 0 unspecified atom stereocenters. The first-order valence-corrected chi connectivity index (χ1v) is 11.6. The van der Waals surface area contributed by atoms with Crippen molar-refractivity contribution in [2.45, 2.75) is 20.3 Å². The summed E-state index contributed by atoms with van der Waals surface area (Å²) in [7, 11) is 1.80. The number of aromatic nitrogens is 2. The molecule has 0 radical (unpaired) electrons. The third kappa shape index (κ3) is 5.36. The van der Waals surface area contributed by atoms with Crippen molar-refractivity contribution in [3.8, 4) is 0 Å². The van der Waals surface area contributed by atoms with Crippen LogP contribution in [0.2, 0.25) is 0 Å². The maximum Gasteiger partial charge on any atom is 0.232 e. The molecule has 1 aromatic carbocycles. The van der Waals surface area contributed by atoms with E-state index in [2.05, 4.69) is 75.6 Å². The third-order valence-corrected chi connectivity index (χ3v) is 6.38. The van der Waals surface area contributed by atoms with E-state index in [1.54, 1.807) is 7.05 Å². The molecule has 0 aliphatic carbocycles. The van der Waals surface area contributed by atoms with Crippen LogP contribution in [0, 0.1) is 11.8 Å². The standard InChI is InChI=1S/C23H33N7S/c1-17-13-18(2)16-30(15-17)21-14-20(25-22(26-21)27-23(31)24-3)29-11-9-28(10-12-29)19-7-5-4-6-8-19/h4-8,14,17-18H,9-13,15-16H2,1-3H3,(H2,24,25,26,27,31)/t17-,18-/m0/s1. The van der Waals surface area contributed by atoms with Gasteiger partial charge in [0.1, 0.15) is 11.6 Å². The van der Waals surface area contributed by atoms with E-state index >= 15 is 0 Å². The van der Waals surface area contributed by atoms with Crippen LogP contribution < -0.4 is 25.3 Å². The first-order valence-electron chi connectivity index (χ1n) is 11.2. The number of piperazine rings is 1. The summed E-state index contributed by atoms with van der Waals surface area (Å²) >= 11 is 5.31. The lowest BCUT2D eigenvalue weighted by atomic mass is 9.92.